The molecule has 0 radical (unpaired) electrons. The average Bonchev–Trinajstić information content (AvgIpc) is 3.59. The predicted octanol–water partition coefficient (Wildman–Crippen LogP) is 3.24. The molecule has 2 heterocycles. The van der Waals surface area contributed by atoms with Crippen molar-refractivity contribution in [2.75, 3.05) is 19.8 Å². The molecule has 4 atom stereocenters. The van der Waals surface area contributed by atoms with Crippen LogP contribution in [0, 0.1) is 0 Å². The second-order valence-corrected chi connectivity index (χ2v) is 14.2. The van der Waals surface area contributed by atoms with Crippen molar-refractivity contribution >= 4 is 35.6 Å². The summed E-state index contributed by atoms with van der Waals surface area (Å²) in [4.78, 5) is 81.0. The van der Waals surface area contributed by atoms with Gasteiger partial charge in [-0.3, -0.25) is 19.2 Å². The molecule has 2 aromatic rings. The molecule has 13 heteroatoms. The number of carbonyl (C=O) groups is 6. The van der Waals surface area contributed by atoms with Gasteiger partial charge in [-0.15, -0.1) is 0 Å². The number of fused-ring (bicyclic) bond motifs is 1. The Balaban J connectivity index is 1.44. The first-order chi connectivity index (χ1) is 24.2. The zero-order valence-corrected chi connectivity index (χ0v) is 30.1. The summed E-state index contributed by atoms with van der Waals surface area (Å²) in [6.07, 6.45) is 2.49. The van der Waals surface area contributed by atoms with Crippen molar-refractivity contribution < 1.29 is 43.0 Å². The summed E-state index contributed by atoms with van der Waals surface area (Å²) >= 11 is 0. The lowest BCUT2D eigenvalue weighted by atomic mass is 9.94. The van der Waals surface area contributed by atoms with Gasteiger partial charge in [0, 0.05) is 13.0 Å². The molecule has 13 nitrogen and oxygen atoms in total. The third-order valence-electron chi connectivity index (χ3n) is 8.95. The van der Waals surface area contributed by atoms with Gasteiger partial charge in [-0.2, -0.15) is 0 Å². The summed E-state index contributed by atoms with van der Waals surface area (Å²) < 4.78 is 16.2. The molecule has 4 amide bonds. The first-order valence-electron chi connectivity index (χ1n) is 17.6. The molecule has 0 saturated carbocycles. The number of nitrogens with zero attached hydrogens (tertiary/aromatic N) is 1. The van der Waals surface area contributed by atoms with Crippen molar-refractivity contribution in [2.24, 2.45) is 0 Å². The molecule has 2 aliphatic rings. The van der Waals surface area contributed by atoms with Crippen LogP contribution in [-0.4, -0.2) is 89.5 Å². The van der Waals surface area contributed by atoms with Crippen LogP contribution in [0.3, 0.4) is 0 Å². The van der Waals surface area contributed by atoms with Crippen molar-refractivity contribution in [3.05, 3.63) is 65.7 Å². The van der Waals surface area contributed by atoms with Gasteiger partial charge in [0.1, 0.15) is 35.0 Å². The smallest absolute Gasteiger partial charge is 0.344 e. The largest absolute Gasteiger partial charge is 0.482 e. The average molecular weight is 707 g/mol. The van der Waals surface area contributed by atoms with Crippen LogP contribution in [0.25, 0.3) is 0 Å². The Morgan fingerprint density at radius 2 is 1.63 bits per heavy atom. The van der Waals surface area contributed by atoms with Crippen LogP contribution < -0.4 is 20.7 Å². The number of ether oxygens (including phenoxy) is 3. The number of unbranched alkanes of at least 4 members (excludes halogenated alkanes) is 1. The van der Waals surface area contributed by atoms with E-state index in [1.54, 1.807) is 89.2 Å². The molecule has 0 unspecified atom stereocenters. The van der Waals surface area contributed by atoms with Gasteiger partial charge in [-0.25, -0.2) is 9.59 Å². The number of hydrogen-bond acceptors (Lipinski definition) is 9. The molecule has 4 rings (SSSR count). The van der Waals surface area contributed by atoms with Crippen LogP contribution in [0.1, 0.15) is 89.1 Å². The van der Waals surface area contributed by atoms with Crippen molar-refractivity contribution in [1.29, 1.82) is 0 Å². The molecule has 0 bridgehead atoms. The Kier molecular flexibility index (Phi) is 13.2. The van der Waals surface area contributed by atoms with E-state index in [1.807, 2.05) is 0 Å². The molecule has 0 aromatic heterocycles. The number of hydrogen-bond donors (Lipinski definition) is 3. The number of amides is 4. The van der Waals surface area contributed by atoms with Gasteiger partial charge >= 0.3 is 11.9 Å². The van der Waals surface area contributed by atoms with Gasteiger partial charge in [-0.05, 0) is 96.0 Å². The maximum absolute atomic E-state index is 14.1. The van der Waals surface area contributed by atoms with Crippen molar-refractivity contribution in [1.82, 2.24) is 20.9 Å². The highest BCUT2D eigenvalue weighted by molar-refractivity contribution is 5.99. The maximum atomic E-state index is 14.1. The van der Waals surface area contributed by atoms with Crippen LogP contribution >= 0.6 is 0 Å². The van der Waals surface area contributed by atoms with E-state index in [0.29, 0.717) is 49.1 Å². The van der Waals surface area contributed by atoms with Gasteiger partial charge < -0.3 is 35.1 Å². The Morgan fingerprint density at radius 1 is 0.922 bits per heavy atom. The number of nitrogens with one attached hydrogen (secondary N) is 3. The number of benzene rings is 2. The summed E-state index contributed by atoms with van der Waals surface area (Å²) in [7, 11) is 0. The number of esters is 2. The highest BCUT2D eigenvalue weighted by Gasteiger charge is 2.43. The zero-order valence-electron chi connectivity index (χ0n) is 30.1. The summed E-state index contributed by atoms with van der Waals surface area (Å²) in [6, 6.07) is 12.6. The van der Waals surface area contributed by atoms with Crippen LogP contribution in [0.5, 0.6) is 5.75 Å². The fourth-order valence-corrected chi connectivity index (χ4v) is 5.97. The number of carbonyl (C=O) groups excluding carboxylic acids is 6. The van der Waals surface area contributed by atoms with E-state index >= 15 is 0 Å². The molecule has 2 aromatic carbocycles. The SMILES string of the molecule is CC[C@]1(C)NC(=O)[C@H](CCCCOC(=O)c2ccccc2)NC(=O)[C@H]2CCCN2C(=O)[C@H](Cc2ccc(OCC(=O)OC(C)(C)C)cc2)NC1=O. The van der Waals surface area contributed by atoms with Crippen LogP contribution in [0.15, 0.2) is 54.6 Å². The first-order valence-corrected chi connectivity index (χ1v) is 17.6. The molecule has 0 spiro atoms. The Morgan fingerprint density at radius 3 is 2.29 bits per heavy atom. The summed E-state index contributed by atoms with van der Waals surface area (Å²) in [5.74, 6) is -2.39. The molecule has 276 valence electrons. The van der Waals surface area contributed by atoms with Gasteiger partial charge in [0.25, 0.3) is 0 Å². The van der Waals surface area contributed by atoms with E-state index in [2.05, 4.69) is 16.0 Å². The summed E-state index contributed by atoms with van der Waals surface area (Å²) in [5.41, 5.74) is -0.863. The van der Waals surface area contributed by atoms with Gasteiger partial charge in [0.05, 0.1) is 12.2 Å². The molecular weight excluding hydrogens is 656 g/mol. The van der Waals surface area contributed by atoms with Gasteiger partial charge in [0.15, 0.2) is 6.61 Å². The summed E-state index contributed by atoms with van der Waals surface area (Å²) in [5, 5.41) is 8.57. The van der Waals surface area contributed by atoms with Gasteiger partial charge in [-0.1, -0.05) is 37.3 Å². The molecule has 2 fully saturated rings. The van der Waals surface area contributed by atoms with Gasteiger partial charge in [0.2, 0.25) is 23.6 Å². The minimum Gasteiger partial charge on any atom is -0.482 e. The third kappa shape index (κ3) is 11.0. The highest BCUT2D eigenvalue weighted by Crippen LogP contribution is 2.23. The lowest BCUT2D eigenvalue weighted by Gasteiger charge is -2.36. The Labute approximate surface area is 299 Å². The standard InChI is InChI=1S/C38H50N4O9/c1-6-38(5)36(48)40-29(23-25-17-19-27(20-18-25)50-24-31(43)51-37(2,3)4)34(46)42-21-12-16-30(42)33(45)39-28(32(44)41-38)15-10-11-22-49-35(47)26-13-8-7-9-14-26/h7-9,13-14,17-20,28-30H,6,10-12,15-16,21-24H2,1-5H3,(H,39,45)(H,40,48)(H,41,44)/t28-,29-,30+,38-/m0/s1. The predicted molar refractivity (Wildman–Crippen MR) is 187 cm³/mol. The van der Waals surface area contributed by atoms with E-state index in [0.717, 1.165) is 0 Å². The minimum atomic E-state index is -1.38. The van der Waals surface area contributed by atoms with E-state index < -0.39 is 64.8 Å². The normalized spacial score (nSPS) is 22.8. The van der Waals surface area contributed by atoms with Crippen molar-refractivity contribution in [3.8, 4) is 5.75 Å². The fraction of sp³-hybridized carbons (Fsp3) is 0.526. The first kappa shape index (κ1) is 38.9. The second-order valence-electron chi connectivity index (χ2n) is 14.2. The Bertz CT molecular complexity index is 1560. The molecule has 51 heavy (non-hydrogen) atoms. The van der Waals surface area contributed by atoms with E-state index in [1.165, 1.54) is 4.90 Å². The number of rotatable bonds is 12. The Hall–Kier alpha value is -4.94. The minimum absolute atomic E-state index is 0.118. The van der Waals surface area contributed by atoms with Crippen molar-refractivity contribution in [3.63, 3.8) is 0 Å². The maximum Gasteiger partial charge on any atom is 0.344 e. The molecule has 2 saturated heterocycles. The van der Waals surface area contributed by atoms with E-state index in [4.69, 9.17) is 14.2 Å². The lowest BCUT2D eigenvalue weighted by molar-refractivity contribution is -0.157. The molecule has 0 aliphatic carbocycles. The quantitative estimate of drug-likeness (QED) is 0.222. The van der Waals surface area contributed by atoms with Crippen LogP contribution in [0.2, 0.25) is 0 Å². The fourth-order valence-electron chi connectivity index (χ4n) is 5.97. The second kappa shape index (κ2) is 17.3. The highest BCUT2D eigenvalue weighted by atomic mass is 16.6. The summed E-state index contributed by atoms with van der Waals surface area (Å²) in [6.45, 7) is 8.85. The molecule has 2 aliphatic heterocycles. The monoisotopic (exact) mass is 706 g/mol. The van der Waals surface area contributed by atoms with Crippen LogP contribution in [0.4, 0.5) is 0 Å². The molecular formula is C38H50N4O9. The van der Waals surface area contributed by atoms with E-state index in [9.17, 15) is 28.8 Å². The topological polar surface area (TPSA) is 169 Å². The van der Waals surface area contributed by atoms with Crippen molar-refractivity contribution in [2.45, 2.75) is 109 Å². The molecule has 3 N–H and O–H groups in total. The zero-order chi connectivity index (χ0) is 37.2. The van der Waals surface area contributed by atoms with Crippen LogP contribution in [-0.2, 0) is 39.9 Å². The third-order valence-corrected chi connectivity index (χ3v) is 8.95. The van der Waals surface area contributed by atoms with E-state index in [-0.39, 0.29) is 32.5 Å². The lowest BCUT2D eigenvalue weighted by Crippen LogP contribution is -2.65.